The molecule has 1 atom stereocenters. The molecule has 0 radical (unpaired) electrons. The first-order valence-corrected chi connectivity index (χ1v) is 5.72. The van der Waals surface area contributed by atoms with E-state index in [2.05, 4.69) is 10.4 Å². The fourth-order valence-corrected chi connectivity index (χ4v) is 2.65. The van der Waals surface area contributed by atoms with E-state index in [4.69, 9.17) is 10.6 Å². The molecule has 1 aromatic rings. The van der Waals surface area contributed by atoms with Gasteiger partial charge in [-0.3, -0.25) is 16.3 Å². The zero-order valence-corrected chi connectivity index (χ0v) is 8.80. The van der Waals surface area contributed by atoms with Crippen molar-refractivity contribution in [1.29, 1.82) is 0 Å². The number of nitrogens with zero attached hydrogens (tertiary/aromatic N) is 1. The van der Waals surface area contributed by atoms with Crippen LogP contribution in [0.1, 0.15) is 23.8 Å². The molecule has 0 saturated carbocycles. The van der Waals surface area contributed by atoms with E-state index >= 15 is 0 Å². The lowest BCUT2D eigenvalue weighted by molar-refractivity contribution is 0.0540. The van der Waals surface area contributed by atoms with E-state index in [1.54, 1.807) is 11.3 Å². The molecule has 0 aromatic carbocycles. The third-order valence-electron chi connectivity index (χ3n) is 2.67. The summed E-state index contributed by atoms with van der Waals surface area (Å²) in [5, 5.41) is 0. The second-order valence-electron chi connectivity index (χ2n) is 3.50. The van der Waals surface area contributed by atoms with E-state index in [-0.39, 0.29) is 6.04 Å². The summed E-state index contributed by atoms with van der Waals surface area (Å²) in [5.74, 6) is 6.16. The van der Waals surface area contributed by atoms with Crippen LogP contribution in [0, 0.1) is 5.92 Å². The van der Waals surface area contributed by atoms with Gasteiger partial charge in [-0.25, -0.2) is 0 Å². The lowest BCUT2D eigenvalue weighted by atomic mass is 9.91. The Kier molecular flexibility index (Phi) is 3.47. The van der Waals surface area contributed by atoms with Crippen LogP contribution in [0.25, 0.3) is 0 Å². The Labute approximate surface area is 87.4 Å². The van der Waals surface area contributed by atoms with Crippen molar-refractivity contribution in [3.8, 4) is 0 Å². The van der Waals surface area contributed by atoms with Crippen LogP contribution >= 0.6 is 11.3 Å². The van der Waals surface area contributed by atoms with Crippen LogP contribution in [0.4, 0.5) is 0 Å². The van der Waals surface area contributed by atoms with Gasteiger partial charge in [0.15, 0.2) is 0 Å². The summed E-state index contributed by atoms with van der Waals surface area (Å²) in [6.45, 7) is 1.70. The van der Waals surface area contributed by atoms with Crippen LogP contribution in [0.5, 0.6) is 0 Å². The molecule has 0 bridgehead atoms. The van der Waals surface area contributed by atoms with Gasteiger partial charge >= 0.3 is 0 Å². The van der Waals surface area contributed by atoms with E-state index < -0.39 is 0 Å². The Morgan fingerprint density at radius 2 is 2.36 bits per heavy atom. The van der Waals surface area contributed by atoms with E-state index in [0.29, 0.717) is 5.92 Å². The summed E-state index contributed by atoms with van der Waals surface area (Å²) in [6.07, 6.45) is 4.05. The van der Waals surface area contributed by atoms with Crippen molar-refractivity contribution in [2.24, 2.45) is 11.8 Å². The summed E-state index contributed by atoms with van der Waals surface area (Å²) in [5.41, 5.74) is 4.74. The minimum atomic E-state index is 0.242. The maximum absolute atomic E-state index is 5.58. The first-order valence-electron chi connectivity index (χ1n) is 4.84. The second-order valence-corrected chi connectivity index (χ2v) is 4.42. The largest absolute Gasteiger partial charge is 0.381 e. The van der Waals surface area contributed by atoms with Gasteiger partial charge in [0.2, 0.25) is 0 Å². The Bertz CT molecular complexity index is 259. The number of rotatable bonds is 3. The molecule has 1 aliphatic heterocycles. The van der Waals surface area contributed by atoms with Crippen LogP contribution in [0.2, 0.25) is 0 Å². The van der Waals surface area contributed by atoms with Crippen molar-refractivity contribution in [2.75, 3.05) is 13.2 Å². The molecule has 14 heavy (non-hydrogen) atoms. The zero-order valence-electron chi connectivity index (χ0n) is 7.98. The topological polar surface area (TPSA) is 60.2 Å². The molecule has 0 amide bonds. The summed E-state index contributed by atoms with van der Waals surface area (Å²) in [7, 11) is 0. The molecule has 1 fully saturated rings. The average molecular weight is 213 g/mol. The van der Waals surface area contributed by atoms with Crippen molar-refractivity contribution in [3.05, 3.63) is 16.6 Å². The minimum absolute atomic E-state index is 0.242. The third kappa shape index (κ3) is 2.12. The van der Waals surface area contributed by atoms with Crippen molar-refractivity contribution < 1.29 is 4.74 Å². The molecule has 1 aliphatic rings. The highest BCUT2D eigenvalue weighted by atomic mass is 32.1. The fourth-order valence-electron chi connectivity index (χ4n) is 1.88. The molecule has 1 unspecified atom stereocenters. The Morgan fingerprint density at radius 1 is 1.57 bits per heavy atom. The van der Waals surface area contributed by atoms with E-state index in [9.17, 15) is 0 Å². The maximum atomic E-state index is 5.58. The van der Waals surface area contributed by atoms with E-state index in [0.717, 1.165) is 26.1 Å². The number of hydrogen-bond acceptors (Lipinski definition) is 5. The first kappa shape index (κ1) is 10.0. The Morgan fingerprint density at radius 3 is 2.93 bits per heavy atom. The number of hydrogen-bond donors (Lipinski definition) is 2. The Hall–Kier alpha value is -0.490. The number of thiazole rings is 1. The highest BCUT2D eigenvalue weighted by molar-refractivity contribution is 7.09. The van der Waals surface area contributed by atoms with Gasteiger partial charge in [-0.15, -0.1) is 11.3 Å². The normalized spacial score (nSPS) is 20.9. The smallest absolute Gasteiger partial charge is 0.0794 e. The number of aromatic nitrogens is 1. The molecular formula is C9H15N3OS. The number of ether oxygens (including phenoxy) is 1. The average Bonchev–Trinajstić information content (AvgIpc) is 2.74. The number of hydrazine groups is 1. The van der Waals surface area contributed by atoms with Gasteiger partial charge in [-0.2, -0.15) is 0 Å². The van der Waals surface area contributed by atoms with Crippen LogP contribution in [0.15, 0.2) is 11.7 Å². The predicted molar refractivity (Wildman–Crippen MR) is 55.7 cm³/mol. The molecule has 78 valence electrons. The van der Waals surface area contributed by atoms with Gasteiger partial charge in [0, 0.05) is 24.3 Å². The minimum Gasteiger partial charge on any atom is -0.381 e. The molecule has 4 nitrogen and oxygen atoms in total. The third-order valence-corrected chi connectivity index (χ3v) is 3.53. The maximum Gasteiger partial charge on any atom is 0.0794 e. The van der Waals surface area contributed by atoms with Gasteiger partial charge in [0.1, 0.15) is 0 Å². The lowest BCUT2D eigenvalue weighted by Crippen LogP contribution is -2.35. The monoisotopic (exact) mass is 213 g/mol. The second kappa shape index (κ2) is 4.84. The van der Waals surface area contributed by atoms with Crippen LogP contribution in [0.3, 0.4) is 0 Å². The van der Waals surface area contributed by atoms with Gasteiger partial charge in [0.25, 0.3) is 0 Å². The molecular weight excluding hydrogens is 198 g/mol. The molecule has 3 N–H and O–H groups in total. The molecule has 1 aromatic heterocycles. The molecule has 0 spiro atoms. The first-order chi connectivity index (χ1) is 6.92. The van der Waals surface area contributed by atoms with Gasteiger partial charge in [-0.1, -0.05) is 0 Å². The van der Waals surface area contributed by atoms with Crippen LogP contribution < -0.4 is 11.3 Å². The Balaban J connectivity index is 2.04. The molecule has 0 aliphatic carbocycles. The highest BCUT2D eigenvalue weighted by Gasteiger charge is 2.25. The van der Waals surface area contributed by atoms with Crippen LogP contribution in [-0.2, 0) is 4.74 Å². The van der Waals surface area contributed by atoms with E-state index in [1.807, 2.05) is 11.7 Å². The van der Waals surface area contributed by atoms with Crippen molar-refractivity contribution in [2.45, 2.75) is 18.9 Å². The quantitative estimate of drug-likeness (QED) is 0.582. The molecule has 2 rings (SSSR count). The van der Waals surface area contributed by atoms with Gasteiger partial charge < -0.3 is 4.74 Å². The van der Waals surface area contributed by atoms with Crippen molar-refractivity contribution in [1.82, 2.24) is 10.4 Å². The fraction of sp³-hybridized carbons (Fsp3) is 0.667. The highest BCUT2D eigenvalue weighted by Crippen LogP contribution is 2.30. The molecule has 2 heterocycles. The molecule has 1 saturated heterocycles. The van der Waals surface area contributed by atoms with E-state index in [1.165, 1.54) is 4.88 Å². The van der Waals surface area contributed by atoms with Gasteiger partial charge in [0.05, 0.1) is 11.6 Å². The summed E-state index contributed by atoms with van der Waals surface area (Å²) < 4.78 is 5.33. The number of nitrogens with two attached hydrogens (primary N) is 1. The summed E-state index contributed by atoms with van der Waals surface area (Å²) in [6, 6.07) is 0.242. The van der Waals surface area contributed by atoms with Crippen molar-refractivity contribution in [3.63, 3.8) is 0 Å². The predicted octanol–water partition coefficient (Wildman–Crippen LogP) is 1.07. The SMILES string of the molecule is NNC(c1cncs1)C1CCOCC1. The van der Waals surface area contributed by atoms with Crippen LogP contribution in [-0.4, -0.2) is 18.2 Å². The summed E-state index contributed by atoms with van der Waals surface area (Å²) >= 11 is 1.65. The lowest BCUT2D eigenvalue weighted by Gasteiger charge is -2.28. The molecule has 5 heteroatoms. The van der Waals surface area contributed by atoms with Crippen molar-refractivity contribution >= 4 is 11.3 Å². The number of nitrogens with one attached hydrogen (secondary N) is 1. The van der Waals surface area contributed by atoms with Gasteiger partial charge in [-0.05, 0) is 18.8 Å². The zero-order chi connectivity index (χ0) is 9.80. The summed E-state index contributed by atoms with van der Waals surface area (Å²) in [4.78, 5) is 5.30. The standard InChI is InChI=1S/C9H15N3OS/c10-12-9(8-5-11-6-14-8)7-1-3-13-4-2-7/h5-7,9,12H,1-4,10H2.